The van der Waals surface area contributed by atoms with Gasteiger partial charge in [0.25, 0.3) is 5.91 Å². The normalized spacial score (nSPS) is 20.2. The van der Waals surface area contributed by atoms with Crippen molar-refractivity contribution in [1.82, 2.24) is 15.1 Å². The number of thioether (sulfide) groups is 1. The zero-order chi connectivity index (χ0) is 16.1. The molecule has 0 aromatic carbocycles. The summed E-state index contributed by atoms with van der Waals surface area (Å²) < 4.78 is 5.16. The molecule has 0 unspecified atom stereocenters. The van der Waals surface area contributed by atoms with Crippen LogP contribution in [0.2, 0.25) is 0 Å². The predicted molar refractivity (Wildman–Crippen MR) is 89.7 cm³/mol. The predicted octanol–water partition coefficient (Wildman–Crippen LogP) is 2.03. The van der Waals surface area contributed by atoms with Crippen molar-refractivity contribution in [1.29, 1.82) is 0 Å². The molecule has 2 aliphatic rings. The van der Waals surface area contributed by atoms with E-state index in [0.717, 1.165) is 43.9 Å². The first-order valence-electron chi connectivity index (χ1n) is 8.20. The Morgan fingerprint density at radius 2 is 1.96 bits per heavy atom. The molecular weight excluding hydrogens is 314 g/mol. The number of piperidine rings is 1. The molecule has 7 heteroatoms. The summed E-state index contributed by atoms with van der Waals surface area (Å²) in [7, 11) is 0. The lowest BCUT2D eigenvalue weighted by molar-refractivity contribution is 0.0674. The van der Waals surface area contributed by atoms with Crippen LogP contribution in [0.25, 0.3) is 0 Å². The maximum Gasteiger partial charge on any atom is 0.317 e. The van der Waals surface area contributed by atoms with Crippen molar-refractivity contribution in [3.63, 3.8) is 0 Å². The highest BCUT2D eigenvalue weighted by Gasteiger charge is 2.27. The van der Waals surface area contributed by atoms with Gasteiger partial charge in [-0.25, -0.2) is 4.79 Å². The van der Waals surface area contributed by atoms with E-state index in [1.54, 1.807) is 17.0 Å². The van der Waals surface area contributed by atoms with E-state index in [1.807, 2.05) is 16.7 Å². The minimum absolute atomic E-state index is 0.0447. The summed E-state index contributed by atoms with van der Waals surface area (Å²) >= 11 is 1.91. The SMILES string of the molecule is O=C(NC1CCN(C(=O)c2ccco2)CC1)N1CCCSCC1. The molecule has 3 heterocycles. The van der Waals surface area contributed by atoms with E-state index in [4.69, 9.17) is 4.42 Å². The lowest BCUT2D eigenvalue weighted by Gasteiger charge is -2.33. The average Bonchev–Trinajstić information content (AvgIpc) is 2.97. The minimum Gasteiger partial charge on any atom is -0.459 e. The van der Waals surface area contributed by atoms with Crippen LogP contribution in [-0.2, 0) is 0 Å². The Hall–Kier alpha value is -1.63. The number of furan rings is 1. The van der Waals surface area contributed by atoms with Crippen molar-refractivity contribution in [2.24, 2.45) is 0 Å². The van der Waals surface area contributed by atoms with Crippen LogP contribution in [0.4, 0.5) is 4.79 Å². The molecule has 2 saturated heterocycles. The Bertz CT molecular complexity index is 519. The second-order valence-electron chi connectivity index (χ2n) is 5.95. The highest BCUT2D eigenvalue weighted by atomic mass is 32.2. The van der Waals surface area contributed by atoms with Crippen molar-refractivity contribution in [3.05, 3.63) is 24.2 Å². The molecule has 3 amide bonds. The quantitative estimate of drug-likeness (QED) is 0.897. The lowest BCUT2D eigenvalue weighted by Crippen LogP contribution is -2.50. The number of rotatable bonds is 2. The molecule has 1 N–H and O–H groups in total. The third-order valence-corrected chi connectivity index (χ3v) is 5.40. The van der Waals surface area contributed by atoms with Crippen LogP contribution in [-0.4, -0.2) is 65.5 Å². The van der Waals surface area contributed by atoms with Gasteiger partial charge in [-0.3, -0.25) is 4.79 Å². The van der Waals surface area contributed by atoms with Crippen LogP contribution in [0.1, 0.15) is 29.8 Å². The van der Waals surface area contributed by atoms with Gasteiger partial charge in [0.05, 0.1) is 6.26 Å². The fourth-order valence-electron chi connectivity index (χ4n) is 3.00. The van der Waals surface area contributed by atoms with Gasteiger partial charge in [0.15, 0.2) is 5.76 Å². The maximum absolute atomic E-state index is 12.3. The Labute approximate surface area is 140 Å². The van der Waals surface area contributed by atoms with Crippen LogP contribution >= 0.6 is 11.8 Å². The van der Waals surface area contributed by atoms with Crippen molar-refractivity contribution in [2.45, 2.75) is 25.3 Å². The monoisotopic (exact) mass is 337 g/mol. The molecule has 23 heavy (non-hydrogen) atoms. The van der Waals surface area contributed by atoms with Gasteiger partial charge < -0.3 is 19.5 Å². The average molecular weight is 337 g/mol. The van der Waals surface area contributed by atoms with Crippen LogP contribution in [0, 0.1) is 0 Å². The maximum atomic E-state index is 12.3. The molecule has 0 saturated carbocycles. The van der Waals surface area contributed by atoms with Gasteiger partial charge in [-0.05, 0) is 37.1 Å². The third-order valence-electron chi connectivity index (χ3n) is 4.35. The lowest BCUT2D eigenvalue weighted by atomic mass is 10.0. The van der Waals surface area contributed by atoms with E-state index in [2.05, 4.69) is 5.32 Å². The fraction of sp³-hybridized carbons (Fsp3) is 0.625. The molecule has 126 valence electrons. The van der Waals surface area contributed by atoms with Crippen LogP contribution in [0.15, 0.2) is 22.8 Å². The van der Waals surface area contributed by atoms with E-state index < -0.39 is 0 Å². The van der Waals surface area contributed by atoms with Crippen molar-refractivity contribution >= 4 is 23.7 Å². The molecule has 0 atom stereocenters. The number of carbonyl (C=O) groups excluding carboxylic acids is 2. The van der Waals surface area contributed by atoms with Crippen LogP contribution in [0.5, 0.6) is 0 Å². The molecule has 2 fully saturated rings. The Morgan fingerprint density at radius 3 is 2.70 bits per heavy atom. The van der Waals surface area contributed by atoms with E-state index in [-0.39, 0.29) is 18.0 Å². The molecule has 6 nitrogen and oxygen atoms in total. The molecule has 0 aliphatic carbocycles. The molecule has 0 radical (unpaired) electrons. The summed E-state index contributed by atoms with van der Waals surface area (Å²) in [5.41, 5.74) is 0. The fourth-order valence-corrected chi connectivity index (χ4v) is 3.88. The molecule has 3 rings (SSSR count). The highest BCUT2D eigenvalue weighted by molar-refractivity contribution is 7.99. The number of carbonyl (C=O) groups is 2. The van der Waals surface area contributed by atoms with Crippen molar-refractivity contribution < 1.29 is 14.0 Å². The molecular formula is C16H23N3O3S. The molecule has 2 aliphatic heterocycles. The number of urea groups is 1. The standard InChI is InChI=1S/C16H23N3O3S/c20-15(14-3-1-10-22-14)18-7-4-13(5-8-18)17-16(21)19-6-2-11-23-12-9-19/h1,3,10,13H,2,4-9,11-12H2,(H,17,21). The Kier molecular flexibility index (Phi) is 5.48. The minimum atomic E-state index is -0.0654. The highest BCUT2D eigenvalue weighted by Crippen LogP contribution is 2.15. The number of hydrogen-bond acceptors (Lipinski definition) is 4. The first-order chi connectivity index (χ1) is 11.2. The first kappa shape index (κ1) is 16.2. The van der Waals surface area contributed by atoms with Gasteiger partial charge in [-0.15, -0.1) is 0 Å². The number of amides is 3. The van der Waals surface area contributed by atoms with Crippen LogP contribution < -0.4 is 5.32 Å². The molecule has 0 spiro atoms. The summed E-state index contributed by atoms with van der Waals surface area (Å²) in [5, 5.41) is 3.13. The van der Waals surface area contributed by atoms with Crippen molar-refractivity contribution in [3.8, 4) is 0 Å². The van der Waals surface area contributed by atoms with Gasteiger partial charge in [-0.2, -0.15) is 11.8 Å². The summed E-state index contributed by atoms with van der Waals surface area (Å²) in [5.74, 6) is 2.47. The summed E-state index contributed by atoms with van der Waals surface area (Å²) in [4.78, 5) is 28.3. The number of nitrogens with one attached hydrogen (secondary N) is 1. The Balaban J connectivity index is 1.45. The van der Waals surface area contributed by atoms with Gasteiger partial charge in [0, 0.05) is 38.0 Å². The van der Waals surface area contributed by atoms with Gasteiger partial charge >= 0.3 is 6.03 Å². The summed E-state index contributed by atoms with van der Waals surface area (Å²) in [6.07, 6.45) is 4.16. The van der Waals surface area contributed by atoms with Crippen LogP contribution in [0.3, 0.4) is 0 Å². The Morgan fingerprint density at radius 1 is 1.13 bits per heavy atom. The first-order valence-corrected chi connectivity index (χ1v) is 9.35. The van der Waals surface area contributed by atoms with E-state index in [1.165, 1.54) is 6.26 Å². The number of likely N-dealkylation sites (tertiary alicyclic amines) is 1. The second kappa shape index (κ2) is 7.77. The smallest absolute Gasteiger partial charge is 0.317 e. The van der Waals surface area contributed by atoms with Crippen molar-refractivity contribution in [2.75, 3.05) is 37.7 Å². The summed E-state index contributed by atoms with van der Waals surface area (Å²) in [6.45, 7) is 2.97. The van der Waals surface area contributed by atoms with E-state index in [9.17, 15) is 9.59 Å². The number of nitrogens with zero attached hydrogens (tertiary/aromatic N) is 2. The largest absolute Gasteiger partial charge is 0.459 e. The zero-order valence-electron chi connectivity index (χ0n) is 13.2. The summed E-state index contributed by atoms with van der Waals surface area (Å²) in [6, 6.07) is 3.61. The topological polar surface area (TPSA) is 65.8 Å². The van der Waals surface area contributed by atoms with Gasteiger partial charge in [0.1, 0.15) is 0 Å². The third kappa shape index (κ3) is 4.22. The van der Waals surface area contributed by atoms with Gasteiger partial charge in [0.2, 0.25) is 0 Å². The molecule has 1 aromatic rings. The van der Waals surface area contributed by atoms with E-state index >= 15 is 0 Å². The zero-order valence-corrected chi connectivity index (χ0v) is 14.0. The number of hydrogen-bond donors (Lipinski definition) is 1. The second-order valence-corrected chi connectivity index (χ2v) is 7.17. The van der Waals surface area contributed by atoms with E-state index in [0.29, 0.717) is 18.8 Å². The molecule has 0 bridgehead atoms. The van der Waals surface area contributed by atoms with Gasteiger partial charge in [-0.1, -0.05) is 0 Å². The molecule has 1 aromatic heterocycles.